The van der Waals surface area contributed by atoms with E-state index in [0.717, 1.165) is 68.9 Å². The number of aromatic nitrogens is 4. The highest BCUT2D eigenvalue weighted by Crippen LogP contribution is 2.30. The number of hydrogen-bond acceptors (Lipinski definition) is 4. The Morgan fingerprint density at radius 1 is 0.971 bits per heavy atom. The number of pyridine rings is 2. The molecule has 3 aromatic heterocycles. The molecule has 0 spiro atoms. The maximum Gasteiger partial charge on any atom is 0.0932 e. The van der Waals surface area contributed by atoms with Gasteiger partial charge in [-0.1, -0.05) is 48.6 Å². The summed E-state index contributed by atoms with van der Waals surface area (Å²) in [6, 6.07) is 12.7. The Morgan fingerprint density at radius 3 is 2.56 bits per heavy atom. The average molecular weight is 446 g/mol. The van der Waals surface area contributed by atoms with Crippen LogP contribution in [-0.4, -0.2) is 33.0 Å². The standard InChI is InChI=1S/C29H27N5/c1-19(2)5-4-6-20(3)28-29(34-18-33-28)21-7-9-27-24(13-21)14-25(17-32-27)22-8-10-26(31-16-22)23-11-12-30-15-23/h4-11,13-14,16-18,30H,1,12,15H2,2-3H3,(H,33,34)/b5-4-,20-6+. The first-order valence-electron chi connectivity index (χ1n) is 11.4. The molecule has 4 aromatic rings. The first kappa shape index (κ1) is 21.7. The monoisotopic (exact) mass is 445 g/mol. The van der Waals surface area contributed by atoms with Gasteiger partial charge in [0.25, 0.3) is 0 Å². The summed E-state index contributed by atoms with van der Waals surface area (Å²) in [5, 5.41) is 4.39. The fourth-order valence-corrected chi connectivity index (χ4v) is 4.12. The number of allylic oxidation sites excluding steroid dienone is 5. The Kier molecular flexibility index (Phi) is 6.02. The van der Waals surface area contributed by atoms with Crippen molar-refractivity contribution >= 4 is 22.0 Å². The van der Waals surface area contributed by atoms with Gasteiger partial charge in [-0.05, 0) is 49.3 Å². The van der Waals surface area contributed by atoms with Crippen molar-refractivity contribution in [2.45, 2.75) is 13.8 Å². The van der Waals surface area contributed by atoms with Crippen molar-refractivity contribution in [3.63, 3.8) is 0 Å². The number of fused-ring (bicyclic) bond motifs is 1. The highest BCUT2D eigenvalue weighted by atomic mass is 14.9. The summed E-state index contributed by atoms with van der Waals surface area (Å²) < 4.78 is 0. The molecule has 0 aliphatic carbocycles. The average Bonchev–Trinajstić information content (AvgIpc) is 3.56. The Morgan fingerprint density at radius 2 is 1.79 bits per heavy atom. The summed E-state index contributed by atoms with van der Waals surface area (Å²) in [4.78, 5) is 17.2. The Hall–Kier alpha value is -4.09. The normalized spacial score (nSPS) is 14.2. The zero-order valence-corrected chi connectivity index (χ0v) is 19.5. The largest absolute Gasteiger partial charge is 0.344 e. The molecule has 0 amide bonds. The molecule has 1 aliphatic heterocycles. The minimum atomic E-state index is 0.876. The molecule has 1 aliphatic rings. The number of rotatable bonds is 6. The topological polar surface area (TPSA) is 66.5 Å². The maximum absolute atomic E-state index is 4.69. The van der Waals surface area contributed by atoms with Gasteiger partial charge in [0.15, 0.2) is 0 Å². The van der Waals surface area contributed by atoms with Gasteiger partial charge >= 0.3 is 0 Å². The number of nitrogens with zero attached hydrogens (tertiary/aromatic N) is 3. The maximum atomic E-state index is 4.69. The molecule has 0 saturated heterocycles. The van der Waals surface area contributed by atoms with Gasteiger partial charge in [-0.15, -0.1) is 0 Å². The van der Waals surface area contributed by atoms with Crippen molar-refractivity contribution in [3.8, 4) is 22.4 Å². The van der Waals surface area contributed by atoms with Crippen LogP contribution in [0.15, 0.2) is 91.6 Å². The summed E-state index contributed by atoms with van der Waals surface area (Å²) in [6.07, 6.45) is 13.8. The molecule has 0 fully saturated rings. The molecule has 0 saturated carbocycles. The second kappa shape index (κ2) is 9.41. The molecule has 0 radical (unpaired) electrons. The summed E-state index contributed by atoms with van der Waals surface area (Å²) in [5.41, 5.74) is 10.4. The van der Waals surface area contributed by atoms with Crippen LogP contribution >= 0.6 is 0 Å². The molecule has 5 heteroatoms. The second-order valence-corrected chi connectivity index (χ2v) is 8.61. The third-order valence-electron chi connectivity index (χ3n) is 5.94. The number of benzene rings is 1. The van der Waals surface area contributed by atoms with Crippen LogP contribution in [0, 0.1) is 0 Å². The molecule has 34 heavy (non-hydrogen) atoms. The van der Waals surface area contributed by atoms with Crippen LogP contribution in [0.5, 0.6) is 0 Å². The van der Waals surface area contributed by atoms with Crippen molar-refractivity contribution in [1.29, 1.82) is 0 Å². The lowest BCUT2D eigenvalue weighted by atomic mass is 10.0. The van der Waals surface area contributed by atoms with Gasteiger partial charge in [0.2, 0.25) is 0 Å². The van der Waals surface area contributed by atoms with E-state index >= 15 is 0 Å². The van der Waals surface area contributed by atoms with Gasteiger partial charge in [-0.3, -0.25) is 9.97 Å². The second-order valence-electron chi connectivity index (χ2n) is 8.61. The molecule has 168 valence electrons. The zero-order valence-electron chi connectivity index (χ0n) is 19.5. The van der Waals surface area contributed by atoms with Crippen LogP contribution in [0.4, 0.5) is 0 Å². The Bertz CT molecular complexity index is 1450. The van der Waals surface area contributed by atoms with Gasteiger partial charge in [-0.25, -0.2) is 4.98 Å². The lowest BCUT2D eigenvalue weighted by Crippen LogP contribution is -2.07. The van der Waals surface area contributed by atoms with E-state index in [1.807, 2.05) is 31.5 Å². The molecule has 0 atom stereocenters. The van der Waals surface area contributed by atoms with E-state index in [9.17, 15) is 0 Å². The van der Waals surface area contributed by atoms with E-state index in [-0.39, 0.29) is 0 Å². The van der Waals surface area contributed by atoms with Crippen molar-refractivity contribution in [2.75, 3.05) is 13.1 Å². The van der Waals surface area contributed by atoms with E-state index in [1.54, 1.807) is 6.33 Å². The van der Waals surface area contributed by atoms with Crippen LogP contribution in [0.2, 0.25) is 0 Å². The minimum absolute atomic E-state index is 0.876. The molecular formula is C29H27N5. The van der Waals surface area contributed by atoms with Gasteiger partial charge in [0, 0.05) is 47.6 Å². The third-order valence-corrected chi connectivity index (χ3v) is 5.94. The van der Waals surface area contributed by atoms with E-state index in [1.165, 1.54) is 5.57 Å². The fourth-order valence-electron chi connectivity index (χ4n) is 4.12. The SMILES string of the molecule is C=C(C)/C=C\C=C(/C)c1nc[nH]c1-c1ccc2ncc(-c3ccc(C4=CCNC4)nc3)cc2c1. The quantitative estimate of drug-likeness (QED) is 0.346. The van der Waals surface area contributed by atoms with Gasteiger partial charge in [0.05, 0.1) is 28.9 Å². The van der Waals surface area contributed by atoms with E-state index in [4.69, 9.17) is 4.98 Å². The van der Waals surface area contributed by atoms with Crippen molar-refractivity contribution in [1.82, 2.24) is 25.3 Å². The predicted octanol–water partition coefficient (Wildman–Crippen LogP) is 6.21. The van der Waals surface area contributed by atoms with Gasteiger partial charge in [-0.2, -0.15) is 0 Å². The Labute approximate surface area is 199 Å². The lowest BCUT2D eigenvalue weighted by molar-refractivity contribution is 0.895. The zero-order chi connectivity index (χ0) is 23.5. The number of imidazole rings is 1. The molecule has 5 rings (SSSR count). The van der Waals surface area contributed by atoms with E-state index in [0.29, 0.717) is 0 Å². The third kappa shape index (κ3) is 4.51. The van der Waals surface area contributed by atoms with Gasteiger partial charge in [0.1, 0.15) is 0 Å². The molecule has 0 unspecified atom stereocenters. The number of aromatic amines is 1. The Balaban J connectivity index is 1.47. The first-order chi connectivity index (χ1) is 16.6. The summed E-state index contributed by atoms with van der Waals surface area (Å²) in [7, 11) is 0. The van der Waals surface area contributed by atoms with Crippen LogP contribution in [-0.2, 0) is 0 Å². The van der Waals surface area contributed by atoms with Crippen LogP contribution in [0.3, 0.4) is 0 Å². The highest BCUT2D eigenvalue weighted by Gasteiger charge is 2.12. The van der Waals surface area contributed by atoms with Crippen LogP contribution < -0.4 is 5.32 Å². The van der Waals surface area contributed by atoms with Crippen molar-refractivity contribution < 1.29 is 0 Å². The molecular weight excluding hydrogens is 418 g/mol. The predicted molar refractivity (Wildman–Crippen MR) is 141 cm³/mol. The molecule has 1 aromatic carbocycles. The van der Waals surface area contributed by atoms with Crippen molar-refractivity contribution in [3.05, 3.63) is 103 Å². The summed E-state index contributed by atoms with van der Waals surface area (Å²) in [5.74, 6) is 0. The van der Waals surface area contributed by atoms with Crippen molar-refractivity contribution in [2.24, 2.45) is 0 Å². The minimum Gasteiger partial charge on any atom is -0.344 e. The van der Waals surface area contributed by atoms with Gasteiger partial charge < -0.3 is 10.3 Å². The van der Waals surface area contributed by atoms with E-state index in [2.05, 4.69) is 82.3 Å². The molecule has 5 nitrogen and oxygen atoms in total. The smallest absolute Gasteiger partial charge is 0.0932 e. The van der Waals surface area contributed by atoms with E-state index < -0.39 is 0 Å². The summed E-state index contributed by atoms with van der Waals surface area (Å²) in [6.45, 7) is 9.74. The molecule has 0 bridgehead atoms. The summed E-state index contributed by atoms with van der Waals surface area (Å²) >= 11 is 0. The fraction of sp³-hybridized carbons (Fsp3) is 0.138. The van der Waals surface area contributed by atoms with Crippen LogP contribution in [0.25, 0.3) is 44.4 Å². The number of nitrogens with one attached hydrogen (secondary N) is 2. The highest BCUT2D eigenvalue weighted by molar-refractivity contribution is 5.89. The lowest BCUT2D eigenvalue weighted by Gasteiger charge is -2.08. The van der Waals surface area contributed by atoms with Crippen LogP contribution in [0.1, 0.15) is 25.2 Å². The number of H-pyrrole nitrogens is 1. The number of hydrogen-bond donors (Lipinski definition) is 2. The molecule has 2 N–H and O–H groups in total. The first-order valence-corrected chi connectivity index (χ1v) is 11.4. The molecule has 4 heterocycles.